The summed E-state index contributed by atoms with van der Waals surface area (Å²) in [4.78, 5) is 23.6. The topological polar surface area (TPSA) is 81.4 Å². The normalized spacial score (nSPS) is 12.7. The van der Waals surface area contributed by atoms with Gasteiger partial charge in [0.25, 0.3) is 0 Å². The molecule has 5 nitrogen and oxygen atoms in total. The summed E-state index contributed by atoms with van der Waals surface area (Å²) < 4.78 is 5.13. The number of anilines is 1. The minimum atomic E-state index is -0.962. The molecule has 0 aliphatic heterocycles. The third-order valence-electron chi connectivity index (χ3n) is 2.57. The Bertz CT molecular complexity index is 538. The number of nitrogens with one attached hydrogen (secondary N) is 1. The molecule has 0 heterocycles. The molecule has 116 valence electrons. The minimum Gasteiger partial charge on any atom is -0.460 e. The number of ether oxygens (including phenoxy) is 1. The molecule has 0 aliphatic rings. The van der Waals surface area contributed by atoms with E-state index in [9.17, 15) is 9.59 Å². The first-order chi connectivity index (χ1) is 9.58. The van der Waals surface area contributed by atoms with Crippen LogP contribution in [-0.4, -0.2) is 23.5 Å². The summed E-state index contributed by atoms with van der Waals surface area (Å²) in [5, 5.41) is 3.26. The van der Waals surface area contributed by atoms with Crippen molar-refractivity contribution >= 4 is 29.2 Å². The Balaban J connectivity index is 2.58. The number of benzene rings is 1. The zero-order chi connectivity index (χ0) is 16.2. The molecule has 0 aromatic heterocycles. The number of rotatable bonds is 4. The van der Waals surface area contributed by atoms with Gasteiger partial charge < -0.3 is 15.8 Å². The Morgan fingerprint density at radius 2 is 2.00 bits per heavy atom. The number of amides is 1. The molecule has 0 spiro atoms. The van der Waals surface area contributed by atoms with E-state index in [1.165, 1.54) is 0 Å². The Labute approximate surface area is 129 Å². The molecule has 3 N–H and O–H groups in total. The summed E-state index contributed by atoms with van der Waals surface area (Å²) in [5.41, 5.74) is 6.54. The lowest BCUT2D eigenvalue weighted by molar-refractivity contribution is -0.155. The van der Waals surface area contributed by atoms with Gasteiger partial charge in [-0.25, -0.2) is 0 Å². The highest BCUT2D eigenvalue weighted by atomic mass is 35.5. The number of hydrogen-bond acceptors (Lipinski definition) is 4. The molecule has 1 atom stereocenters. The number of nitrogens with two attached hydrogens (primary N) is 1. The fourth-order valence-electron chi connectivity index (χ4n) is 1.61. The first-order valence-electron chi connectivity index (χ1n) is 6.63. The van der Waals surface area contributed by atoms with Crippen LogP contribution in [0.2, 0.25) is 5.02 Å². The summed E-state index contributed by atoms with van der Waals surface area (Å²) in [6.45, 7) is 7.10. The number of carbonyl (C=O) groups is 2. The maximum Gasteiger partial charge on any atom is 0.308 e. The van der Waals surface area contributed by atoms with Crippen LogP contribution in [0.3, 0.4) is 0 Å². The van der Waals surface area contributed by atoms with Crippen LogP contribution in [0, 0.1) is 6.92 Å². The van der Waals surface area contributed by atoms with Crippen LogP contribution in [0.25, 0.3) is 0 Å². The first-order valence-corrected chi connectivity index (χ1v) is 7.01. The lowest BCUT2D eigenvalue weighted by Crippen LogP contribution is -2.39. The van der Waals surface area contributed by atoms with Crippen molar-refractivity contribution in [2.45, 2.75) is 45.8 Å². The molecule has 0 bridgehead atoms. The predicted octanol–water partition coefficient (Wildman–Crippen LogP) is 2.65. The molecule has 0 fully saturated rings. The zero-order valence-electron chi connectivity index (χ0n) is 12.7. The van der Waals surface area contributed by atoms with Gasteiger partial charge >= 0.3 is 5.97 Å². The summed E-state index contributed by atoms with van der Waals surface area (Å²) in [6, 6.07) is 4.13. The molecule has 6 heteroatoms. The van der Waals surface area contributed by atoms with Crippen molar-refractivity contribution in [3.05, 3.63) is 28.8 Å². The van der Waals surface area contributed by atoms with Gasteiger partial charge in [0.2, 0.25) is 5.91 Å². The SMILES string of the molecule is Cc1cc(NC(=O)[C@@H](N)CC(=O)OC(C)(C)C)ccc1Cl. The largest absolute Gasteiger partial charge is 0.460 e. The fourth-order valence-corrected chi connectivity index (χ4v) is 1.73. The van der Waals surface area contributed by atoms with E-state index >= 15 is 0 Å². The third kappa shape index (κ3) is 6.14. The quantitative estimate of drug-likeness (QED) is 0.837. The van der Waals surface area contributed by atoms with Crippen molar-refractivity contribution in [1.29, 1.82) is 0 Å². The number of hydrogen-bond donors (Lipinski definition) is 2. The number of halogens is 1. The summed E-state index contributed by atoms with van der Waals surface area (Å²) in [7, 11) is 0. The standard InChI is InChI=1S/C15H21ClN2O3/c1-9-7-10(5-6-11(9)16)18-14(20)12(17)8-13(19)21-15(2,3)4/h5-7,12H,8,17H2,1-4H3,(H,18,20)/t12-/m0/s1. The average Bonchev–Trinajstić information content (AvgIpc) is 2.31. The second kappa shape index (κ2) is 6.91. The third-order valence-corrected chi connectivity index (χ3v) is 2.99. The van der Waals surface area contributed by atoms with Gasteiger partial charge in [0, 0.05) is 10.7 Å². The van der Waals surface area contributed by atoms with Crippen molar-refractivity contribution < 1.29 is 14.3 Å². The maximum atomic E-state index is 11.9. The van der Waals surface area contributed by atoms with Gasteiger partial charge in [-0.2, -0.15) is 0 Å². The molecule has 1 aromatic carbocycles. The van der Waals surface area contributed by atoms with Gasteiger partial charge in [-0.15, -0.1) is 0 Å². The van der Waals surface area contributed by atoms with Gasteiger partial charge in [-0.05, 0) is 51.5 Å². The predicted molar refractivity (Wildman–Crippen MR) is 83.3 cm³/mol. The maximum absolute atomic E-state index is 11.9. The van der Waals surface area contributed by atoms with E-state index in [1.54, 1.807) is 39.0 Å². The molecule has 0 saturated carbocycles. The molecular formula is C15H21ClN2O3. The second-order valence-corrected chi connectivity index (χ2v) is 6.26. The van der Waals surface area contributed by atoms with Crippen LogP contribution in [0.1, 0.15) is 32.8 Å². The number of aryl methyl sites for hydroxylation is 1. The van der Waals surface area contributed by atoms with E-state index in [-0.39, 0.29) is 6.42 Å². The lowest BCUT2D eigenvalue weighted by Gasteiger charge is -2.20. The summed E-state index contributed by atoms with van der Waals surface area (Å²) >= 11 is 5.91. The molecule has 0 saturated heterocycles. The smallest absolute Gasteiger partial charge is 0.308 e. The molecule has 1 aromatic rings. The van der Waals surface area contributed by atoms with Gasteiger partial charge in [0.05, 0.1) is 12.5 Å². The Morgan fingerprint density at radius 1 is 1.38 bits per heavy atom. The van der Waals surface area contributed by atoms with Crippen LogP contribution in [0.15, 0.2) is 18.2 Å². The summed E-state index contributed by atoms with van der Waals surface area (Å²) in [6.07, 6.45) is -0.171. The highest BCUT2D eigenvalue weighted by Gasteiger charge is 2.22. The van der Waals surface area contributed by atoms with Gasteiger partial charge in [-0.3, -0.25) is 9.59 Å². The summed E-state index contributed by atoms with van der Waals surface area (Å²) in [5.74, 6) is -0.944. The molecule has 0 aliphatic carbocycles. The molecule has 0 unspecified atom stereocenters. The van der Waals surface area contributed by atoms with Crippen LogP contribution in [0.5, 0.6) is 0 Å². The first kappa shape index (κ1) is 17.5. The zero-order valence-corrected chi connectivity index (χ0v) is 13.5. The second-order valence-electron chi connectivity index (χ2n) is 5.85. The van der Waals surface area contributed by atoms with Crippen LogP contribution in [0.4, 0.5) is 5.69 Å². The van der Waals surface area contributed by atoms with Crippen molar-refractivity contribution in [2.75, 3.05) is 5.32 Å². The molecule has 1 rings (SSSR count). The van der Waals surface area contributed by atoms with E-state index in [1.807, 2.05) is 6.92 Å². The average molecular weight is 313 g/mol. The van der Waals surface area contributed by atoms with Gasteiger partial charge in [0.15, 0.2) is 0 Å². The van der Waals surface area contributed by atoms with Crippen LogP contribution < -0.4 is 11.1 Å². The van der Waals surface area contributed by atoms with E-state index in [0.717, 1.165) is 5.56 Å². The lowest BCUT2D eigenvalue weighted by atomic mass is 10.1. The fraction of sp³-hybridized carbons (Fsp3) is 0.467. The van der Waals surface area contributed by atoms with Crippen molar-refractivity contribution in [3.8, 4) is 0 Å². The van der Waals surface area contributed by atoms with Gasteiger partial charge in [-0.1, -0.05) is 11.6 Å². The van der Waals surface area contributed by atoms with E-state index in [4.69, 9.17) is 22.1 Å². The van der Waals surface area contributed by atoms with Crippen molar-refractivity contribution in [3.63, 3.8) is 0 Å². The molecular weight excluding hydrogens is 292 g/mol. The monoisotopic (exact) mass is 312 g/mol. The molecule has 1 amide bonds. The van der Waals surface area contributed by atoms with Gasteiger partial charge in [0.1, 0.15) is 5.60 Å². The number of esters is 1. The minimum absolute atomic E-state index is 0.171. The van der Waals surface area contributed by atoms with Crippen LogP contribution in [-0.2, 0) is 14.3 Å². The van der Waals surface area contributed by atoms with E-state index in [0.29, 0.717) is 10.7 Å². The Morgan fingerprint density at radius 3 is 2.52 bits per heavy atom. The van der Waals surface area contributed by atoms with Crippen molar-refractivity contribution in [1.82, 2.24) is 0 Å². The molecule has 21 heavy (non-hydrogen) atoms. The molecule has 0 radical (unpaired) electrons. The highest BCUT2D eigenvalue weighted by Crippen LogP contribution is 2.19. The van der Waals surface area contributed by atoms with Crippen molar-refractivity contribution in [2.24, 2.45) is 5.73 Å². The highest BCUT2D eigenvalue weighted by molar-refractivity contribution is 6.31. The van der Waals surface area contributed by atoms with E-state index in [2.05, 4.69) is 5.32 Å². The van der Waals surface area contributed by atoms with E-state index < -0.39 is 23.5 Å². The Hall–Kier alpha value is -1.59. The Kier molecular flexibility index (Phi) is 5.75. The number of carbonyl (C=O) groups excluding carboxylic acids is 2. The van der Waals surface area contributed by atoms with Crippen LogP contribution >= 0.6 is 11.6 Å².